The van der Waals surface area contributed by atoms with Crippen molar-refractivity contribution in [2.24, 2.45) is 0 Å². The lowest BCUT2D eigenvalue weighted by Gasteiger charge is -2.03. The van der Waals surface area contributed by atoms with Crippen molar-refractivity contribution in [1.82, 2.24) is 14.8 Å². The zero-order chi connectivity index (χ0) is 11.5. The van der Waals surface area contributed by atoms with Crippen molar-refractivity contribution in [3.8, 4) is 0 Å². The largest absolute Gasteiger partial charge is 0.383 e. The first-order valence-corrected chi connectivity index (χ1v) is 4.53. The first kappa shape index (κ1) is 10.1. The maximum absolute atomic E-state index is 10.4. The highest BCUT2D eigenvalue weighted by atomic mass is 16.6. The van der Waals surface area contributed by atoms with Crippen molar-refractivity contribution in [2.75, 3.05) is 5.73 Å². The molecule has 0 bridgehead atoms. The van der Waals surface area contributed by atoms with Gasteiger partial charge in [0.25, 0.3) is 0 Å². The molecule has 0 spiro atoms. The van der Waals surface area contributed by atoms with Crippen molar-refractivity contribution in [3.63, 3.8) is 0 Å². The van der Waals surface area contributed by atoms with Crippen molar-refractivity contribution in [3.05, 3.63) is 46.4 Å². The SMILES string of the molecule is Nc1ncccc1Cn1cc([N+](=O)[O-])cn1. The normalized spacial score (nSPS) is 10.2. The molecule has 82 valence electrons. The van der Waals surface area contributed by atoms with Gasteiger partial charge in [0.1, 0.15) is 18.2 Å². The second-order valence-electron chi connectivity index (χ2n) is 3.20. The van der Waals surface area contributed by atoms with Crippen LogP contribution in [0.5, 0.6) is 0 Å². The van der Waals surface area contributed by atoms with Crippen LogP contribution in [0.25, 0.3) is 0 Å². The van der Waals surface area contributed by atoms with Gasteiger partial charge in [0.05, 0.1) is 11.5 Å². The molecule has 0 aliphatic heterocycles. The van der Waals surface area contributed by atoms with Crippen LogP contribution < -0.4 is 5.73 Å². The van der Waals surface area contributed by atoms with E-state index in [0.29, 0.717) is 12.4 Å². The quantitative estimate of drug-likeness (QED) is 0.608. The monoisotopic (exact) mass is 219 g/mol. The summed E-state index contributed by atoms with van der Waals surface area (Å²) in [6, 6.07) is 3.56. The number of nitrogens with two attached hydrogens (primary N) is 1. The smallest absolute Gasteiger partial charge is 0.307 e. The Balaban J connectivity index is 2.21. The minimum atomic E-state index is -0.490. The summed E-state index contributed by atoms with van der Waals surface area (Å²) >= 11 is 0. The first-order chi connectivity index (χ1) is 7.66. The summed E-state index contributed by atoms with van der Waals surface area (Å²) in [5, 5.41) is 14.3. The number of anilines is 1. The van der Waals surface area contributed by atoms with Gasteiger partial charge in [-0.2, -0.15) is 5.10 Å². The van der Waals surface area contributed by atoms with Gasteiger partial charge in [-0.05, 0) is 6.07 Å². The molecule has 0 saturated heterocycles. The Labute approximate surface area is 90.7 Å². The molecule has 0 unspecified atom stereocenters. The fraction of sp³-hybridized carbons (Fsp3) is 0.111. The minimum Gasteiger partial charge on any atom is -0.383 e. The van der Waals surface area contributed by atoms with Gasteiger partial charge in [0.15, 0.2) is 0 Å². The standard InChI is InChI=1S/C9H9N5O2/c10-9-7(2-1-3-11-9)5-13-6-8(4-12-13)14(15)16/h1-4,6H,5H2,(H2,10,11). The molecule has 2 N–H and O–H groups in total. The van der Waals surface area contributed by atoms with Crippen LogP contribution in [0.15, 0.2) is 30.7 Å². The van der Waals surface area contributed by atoms with Gasteiger partial charge in [-0.15, -0.1) is 0 Å². The van der Waals surface area contributed by atoms with E-state index in [1.54, 1.807) is 18.3 Å². The Kier molecular flexibility index (Phi) is 2.50. The van der Waals surface area contributed by atoms with Crippen LogP contribution in [0.1, 0.15) is 5.56 Å². The Morgan fingerprint density at radius 3 is 3.00 bits per heavy atom. The van der Waals surface area contributed by atoms with E-state index in [9.17, 15) is 10.1 Å². The zero-order valence-electron chi connectivity index (χ0n) is 8.28. The van der Waals surface area contributed by atoms with Crippen LogP contribution >= 0.6 is 0 Å². The van der Waals surface area contributed by atoms with E-state index in [1.807, 2.05) is 0 Å². The highest BCUT2D eigenvalue weighted by molar-refractivity contribution is 5.38. The Morgan fingerprint density at radius 1 is 1.56 bits per heavy atom. The molecule has 0 amide bonds. The summed E-state index contributed by atoms with van der Waals surface area (Å²) in [4.78, 5) is 13.9. The maximum Gasteiger partial charge on any atom is 0.307 e. The van der Waals surface area contributed by atoms with Gasteiger partial charge >= 0.3 is 5.69 Å². The molecule has 0 saturated carbocycles. The molecule has 7 nitrogen and oxygen atoms in total. The summed E-state index contributed by atoms with van der Waals surface area (Å²) < 4.78 is 1.45. The van der Waals surface area contributed by atoms with Crippen LogP contribution in [-0.4, -0.2) is 19.7 Å². The van der Waals surface area contributed by atoms with E-state index in [-0.39, 0.29) is 5.69 Å². The molecular weight excluding hydrogens is 210 g/mol. The van der Waals surface area contributed by atoms with E-state index >= 15 is 0 Å². The average Bonchev–Trinajstić information content (AvgIpc) is 2.70. The number of rotatable bonds is 3. The van der Waals surface area contributed by atoms with Gasteiger partial charge in [0, 0.05) is 11.8 Å². The molecule has 0 aliphatic rings. The summed E-state index contributed by atoms with van der Waals surface area (Å²) in [7, 11) is 0. The van der Waals surface area contributed by atoms with Crippen LogP contribution in [0.4, 0.5) is 11.5 Å². The molecule has 0 atom stereocenters. The molecule has 2 aromatic rings. The Bertz CT molecular complexity index is 522. The predicted molar refractivity (Wildman–Crippen MR) is 56.6 cm³/mol. The average molecular weight is 219 g/mol. The third-order valence-electron chi connectivity index (χ3n) is 2.09. The van der Waals surface area contributed by atoms with Gasteiger partial charge in [-0.3, -0.25) is 14.8 Å². The van der Waals surface area contributed by atoms with Crippen LogP contribution in [0, 0.1) is 10.1 Å². The third kappa shape index (κ3) is 1.97. The lowest BCUT2D eigenvalue weighted by Crippen LogP contribution is -2.04. The number of hydrogen-bond donors (Lipinski definition) is 1. The Hall–Kier alpha value is -2.44. The predicted octanol–water partition coefficient (Wildman–Crippen LogP) is 0.817. The highest BCUT2D eigenvalue weighted by Crippen LogP contribution is 2.12. The lowest BCUT2D eigenvalue weighted by molar-refractivity contribution is -0.385. The van der Waals surface area contributed by atoms with Gasteiger partial charge in [0.2, 0.25) is 0 Å². The summed E-state index contributed by atoms with van der Waals surface area (Å²) in [6.07, 6.45) is 4.14. The van der Waals surface area contributed by atoms with Crippen LogP contribution in [0.2, 0.25) is 0 Å². The molecule has 2 aromatic heterocycles. The van der Waals surface area contributed by atoms with E-state index in [1.165, 1.54) is 17.1 Å². The van der Waals surface area contributed by atoms with Crippen molar-refractivity contribution < 1.29 is 4.92 Å². The number of pyridine rings is 1. The number of hydrogen-bond acceptors (Lipinski definition) is 5. The molecule has 2 heterocycles. The van der Waals surface area contributed by atoms with E-state index in [2.05, 4.69) is 10.1 Å². The topological polar surface area (TPSA) is 99.9 Å². The minimum absolute atomic E-state index is 0.0394. The van der Waals surface area contributed by atoms with E-state index in [4.69, 9.17) is 5.73 Å². The van der Waals surface area contributed by atoms with Crippen LogP contribution in [-0.2, 0) is 6.54 Å². The Morgan fingerprint density at radius 2 is 2.38 bits per heavy atom. The maximum atomic E-state index is 10.4. The van der Waals surface area contributed by atoms with Crippen molar-refractivity contribution in [2.45, 2.75) is 6.54 Å². The molecule has 0 radical (unpaired) electrons. The third-order valence-corrected chi connectivity index (χ3v) is 2.09. The second kappa shape index (κ2) is 3.97. The van der Waals surface area contributed by atoms with Crippen molar-refractivity contribution in [1.29, 1.82) is 0 Å². The van der Waals surface area contributed by atoms with Crippen molar-refractivity contribution >= 4 is 11.5 Å². The number of aromatic nitrogens is 3. The molecule has 0 aromatic carbocycles. The number of nitrogens with zero attached hydrogens (tertiary/aromatic N) is 4. The first-order valence-electron chi connectivity index (χ1n) is 4.53. The molecule has 2 rings (SSSR count). The molecule has 0 aliphatic carbocycles. The summed E-state index contributed by atoms with van der Waals surface area (Å²) in [6.45, 7) is 0.369. The number of nitrogen functional groups attached to an aromatic ring is 1. The summed E-state index contributed by atoms with van der Waals surface area (Å²) in [5.74, 6) is 0.403. The van der Waals surface area contributed by atoms with Crippen LogP contribution in [0.3, 0.4) is 0 Å². The molecular formula is C9H9N5O2. The van der Waals surface area contributed by atoms with Gasteiger partial charge in [-0.1, -0.05) is 6.07 Å². The van der Waals surface area contributed by atoms with Gasteiger partial charge < -0.3 is 5.73 Å². The molecule has 16 heavy (non-hydrogen) atoms. The highest BCUT2D eigenvalue weighted by Gasteiger charge is 2.09. The second-order valence-corrected chi connectivity index (χ2v) is 3.20. The van der Waals surface area contributed by atoms with E-state index < -0.39 is 4.92 Å². The van der Waals surface area contributed by atoms with Gasteiger partial charge in [-0.25, -0.2) is 4.98 Å². The summed E-state index contributed by atoms with van der Waals surface area (Å²) in [5.41, 5.74) is 6.39. The zero-order valence-corrected chi connectivity index (χ0v) is 8.28. The molecule has 7 heteroatoms. The fourth-order valence-corrected chi connectivity index (χ4v) is 1.29. The lowest BCUT2D eigenvalue weighted by atomic mass is 10.2. The fourth-order valence-electron chi connectivity index (χ4n) is 1.29. The molecule has 0 fully saturated rings. The van der Waals surface area contributed by atoms with E-state index in [0.717, 1.165) is 5.56 Å². The number of nitro groups is 1.